The summed E-state index contributed by atoms with van der Waals surface area (Å²) in [5, 5.41) is 11.3. The third-order valence-electron chi connectivity index (χ3n) is 4.59. The van der Waals surface area contributed by atoms with Crippen LogP contribution in [-0.4, -0.2) is 35.7 Å². The number of allylic oxidation sites excluding steroid dienone is 1. The van der Waals surface area contributed by atoms with E-state index in [1.165, 1.54) is 11.8 Å². The molecule has 1 aliphatic carbocycles. The molecule has 1 aliphatic rings. The first-order valence-electron chi connectivity index (χ1n) is 8.45. The summed E-state index contributed by atoms with van der Waals surface area (Å²) >= 11 is 1.41. The van der Waals surface area contributed by atoms with Crippen molar-refractivity contribution in [2.45, 2.75) is 37.1 Å². The maximum atomic E-state index is 12.8. The lowest BCUT2D eigenvalue weighted by molar-refractivity contribution is 0.151. The molecule has 0 aliphatic heterocycles. The summed E-state index contributed by atoms with van der Waals surface area (Å²) in [5.41, 5.74) is 2.06. The number of aliphatic hydroxyl groups is 1. The molecule has 0 saturated heterocycles. The molecule has 0 aromatic carbocycles. The zero-order valence-electron chi connectivity index (χ0n) is 14.4. The van der Waals surface area contributed by atoms with Crippen LogP contribution >= 0.6 is 11.8 Å². The normalized spacial score (nSPS) is 16.6. The van der Waals surface area contributed by atoms with Gasteiger partial charge in [0.15, 0.2) is 16.6 Å². The molecular weight excluding hydrogens is 350 g/mol. The van der Waals surface area contributed by atoms with Crippen LogP contribution < -0.4 is 5.56 Å². The SMILES string of the molecule is C=CCn1c(=O)c2cnc(SC)nc2n1-c1ccc2c(n1)C(O)CCC2. The summed E-state index contributed by atoms with van der Waals surface area (Å²) in [4.78, 5) is 26.2. The molecule has 0 bridgehead atoms. The molecule has 0 fully saturated rings. The summed E-state index contributed by atoms with van der Waals surface area (Å²) < 4.78 is 3.24. The minimum Gasteiger partial charge on any atom is -0.387 e. The van der Waals surface area contributed by atoms with Crippen LogP contribution in [0.1, 0.15) is 30.2 Å². The second kappa shape index (κ2) is 6.69. The molecule has 0 radical (unpaired) electrons. The molecule has 4 rings (SSSR count). The molecule has 1 N–H and O–H groups in total. The van der Waals surface area contributed by atoms with Crippen molar-refractivity contribution in [1.82, 2.24) is 24.3 Å². The standard InChI is InChI=1S/C18H19N5O2S/c1-3-9-22-17(25)12-10-19-18(26-2)21-16(12)23(22)14-8-7-11-5-4-6-13(24)15(11)20-14/h3,7-8,10,13,24H,1,4-6,9H2,2H3. The van der Waals surface area contributed by atoms with Gasteiger partial charge in [-0.2, -0.15) is 0 Å². The lowest BCUT2D eigenvalue weighted by Crippen LogP contribution is -2.23. The van der Waals surface area contributed by atoms with Crippen LogP contribution in [0.4, 0.5) is 0 Å². The summed E-state index contributed by atoms with van der Waals surface area (Å²) in [6, 6.07) is 3.85. The van der Waals surface area contributed by atoms with Gasteiger partial charge in [0, 0.05) is 6.20 Å². The smallest absolute Gasteiger partial charge is 0.278 e. The number of rotatable bonds is 4. The molecule has 8 heteroatoms. The van der Waals surface area contributed by atoms with E-state index in [2.05, 4.69) is 21.5 Å². The molecule has 0 spiro atoms. The Hall–Kier alpha value is -2.45. The highest BCUT2D eigenvalue weighted by atomic mass is 32.2. The second-order valence-corrected chi connectivity index (χ2v) is 6.98. The molecule has 134 valence electrons. The minimum absolute atomic E-state index is 0.187. The first-order chi connectivity index (χ1) is 12.6. The average molecular weight is 369 g/mol. The Balaban J connectivity index is 2.01. The van der Waals surface area contributed by atoms with Crippen molar-refractivity contribution >= 4 is 22.8 Å². The van der Waals surface area contributed by atoms with E-state index >= 15 is 0 Å². The second-order valence-electron chi connectivity index (χ2n) is 6.20. The first kappa shape index (κ1) is 17.0. The third kappa shape index (κ3) is 2.65. The Bertz CT molecular complexity index is 1060. The van der Waals surface area contributed by atoms with Crippen LogP contribution in [-0.2, 0) is 13.0 Å². The summed E-state index contributed by atoms with van der Waals surface area (Å²) in [6.07, 6.45) is 7.09. The number of hydrogen-bond donors (Lipinski definition) is 1. The van der Waals surface area contributed by atoms with Crippen molar-refractivity contribution in [2.24, 2.45) is 0 Å². The van der Waals surface area contributed by atoms with Gasteiger partial charge in [-0.25, -0.2) is 24.3 Å². The van der Waals surface area contributed by atoms with Crippen molar-refractivity contribution in [3.8, 4) is 5.82 Å². The summed E-state index contributed by atoms with van der Waals surface area (Å²) in [6.45, 7) is 4.07. The van der Waals surface area contributed by atoms with E-state index in [0.29, 0.717) is 40.7 Å². The van der Waals surface area contributed by atoms with Crippen LogP contribution in [0, 0.1) is 0 Å². The Morgan fingerprint density at radius 2 is 2.27 bits per heavy atom. The average Bonchev–Trinajstić information content (AvgIpc) is 2.94. The number of hydrogen-bond acceptors (Lipinski definition) is 6. The van der Waals surface area contributed by atoms with Gasteiger partial charge in [-0.3, -0.25) is 4.79 Å². The molecule has 0 amide bonds. The fourth-order valence-electron chi connectivity index (χ4n) is 3.36. The molecule has 1 atom stereocenters. The van der Waals surface area contributed by atoms with E-state index in [-0.39, 0.29) is 5.56 Å². The number of aromatic nitrogens is 5. The molecule has 26 heavy (non-hydrogen) atoms. The number of nitrogens with zero attached hydrogens (tertiary/aromatic N) is 5. The Labute approximate surface area is 154 Å². The van der Waals surface area contributed by atoms with Gasteiger partial charge in [0.25, 0.3) is 5.56 Å². The highest BCUT2D eigenvalue weighted by Crippen LogP contribution is 2.29. The van der Waals surface area contributed by atoms with Crippen molar-refractivity contribution in [2.75, 3.05) is 6.26 Å². The lowest BCUT2D eigenvalue weighted by atomic mass is 9.94. The largest absolute Gasteiger partial charge is 0.387 e. The van der Waals surface area contributed by atoms with E-state index in [4.69, 9.17) is 0 Å². The zero-order valence-corrected chi connectivity index (χ0v) is 15.2. The van der Waals surface area contributed by atoms with Crippen LogP contribution in [0.3, 0.4) is 0 Å². The molecule has 3 heterocycles. The van der Waals surface area contributed by atoms with Gasteiger partial charge in [-0.05, 0) is 37.1 Å². The molecule has 0 saturated carbocycles. The molecule has 3 aromatic heterocycles. The number of aryl methyl sites for hydroxylation is 1. The van der Waals surface area contributed by atoms with E-state index in [1.807, 2.05) is 18.4 Å². The van der Waals surface area contributed by atoms with E-state index in [9.17, 15) is 9.90 Å². The van der Waals surface area contributed by atoms with Crippen molar-refractivity contribution in [1.29, 1.82) is 0 Å². The summed E-state index contributed by atoms with van der Waals surface area (Å²) in [7, 11) is 0. The fourth-order valence-corrected chi connectivity index (χ4v) is 3.70. The van der Waals surface area contributed by atoms with Crippen LogP contribution in [0.15, 0.2) is 40.9 Å². The molecule has 7 nitrogen and oxygen atoms in total. The first-order valence-corrected chi connectivity index (χ1v) is 9.68. The van der Waals surface area contributed by atoms with Gasteiger partial charge in [0.2, 0.25) is 0 Å². The number of pyridine rings is 1. The maximum absolute atomic E-state index is 12.8. The predicted octanol–water partition coefficient (Wildman–Crippen LogP) is 2.25. The van der Waals surface area contributed by atoms with Crippen molar-refractivity contribution in [3.05, 3.63) is 52.6 Å². The Morgan fingerprint density at radius 3 is 3.04 bits per heavy atom. The molecular formula is C18H19N5O2S. The Kier molecular flexibility index (Phi) is 4.37. The number of aliphatic hydroxyl groups excluding tert-OH is 1. The highest BCUT2D eigenvalue weighted by Gasteiger charge is 2.22. The van der Waals surface area contributed by atoms with Gasteiger partial charge >= 0.3 is 0 Å². The van der Waals surface area contributed by atoms with Crippen LogP contribution in [0.25, 0.3) is 16.9 Å². The summed E-state index contributed by atoms with van der Waals surface area (Å²) in [5.74, 6) is 0.560. The van der Waals surface area contributed by atoms with Crippen molar-refractivity contribution < 1.29 is 5.11 Å². The molecule has 1 unspecified atom stereocenters. The number of thioether (sulfide) groups is 1. The third-order valence-corrected chi connectivity index (χ3v) is 5.15. The quantitative estimate of drug-likeness (QED) is 0.431. The van der Waals surface area contributed by atoms with Gasteiger partial charge in [0.1, 0.15) is 5.39 Å². The predicted molar refractivity (Wildman–Crippen MR) is 101 cm³/mol. The fraction of sp³-hybridized carbons (Fsp3) is 0.333. The van der Waals surface area contributed by atoms with Crippen molar-refractivity contribution in [3.63, 3.8) is 0 Å². The monoisotopic (exact) mass is 369 g/mol. The van der Waals surface area contributed by atoms with E-state index in [1.54, 1.807) is 21.6 Å². The van der Waals surface area contributed by atoms with Gasteiger partial charge in [-0.15, -0.1) is 6.58 Å². The Morgan fingerprint density at radius 1 is 1.42 bits per heavy atom. The highest BCUT2D eigenvalue weighted by molar-refractivity contribution is 7.98. The zero-order chi connectivity index (χ0) is 18.3. The van der Waals surface area contributed by atoms with Gasteiger partial charge in [-0.1, -0.05) is 23.9 Å². The van der Waals surface area contributed by atoms with Gasteiger partial charge in [0.05, 0.1) is 18.3 Å². The lowest BCUT2D eigenvalue weighted by Gasteiger charge is -2.21. The van der Waals surface area contributed by atoms with E-state index in [0.717, 1.165) is 18.4 Å². The molecule has 3 aromatic rings. The van der Waals surface area contributed by atoms with Crippen LogP contribution in [0.5, 0.6) is 0 Å². The minimum atomic E-state index is -0.573. The maximum Gasteiger partial charge on any atom is 0.278 e. The van der Waals surface area contributed by atoms with Crippen LogP contribution in [0.2, 0.25) is 0 Å². The van der Waals surface area contributed by atoms with Gasteiger partial charge < -0.3 is 5.11 Å². The topological polar surface area (TPSA) is 85.8 Å². The van der Waals surface area contributed by atoms with E-state index < -0.39 is 6.10 Å². The number of fused-ring (bicyclic) bond motifs is 2.